The molecule has 4 heterocycles. The topological polar surface area (TPSA) is 132 Å². The number of amides is 1. The number of imidazole rings is 1. The maximum absolute atomic E-state index is 13.4. The first-order chi connectivity index (χ1) is 14.4. The molecule has 0 atom stereocenters. The number of methoxy groups -OCH3 is 2. The predicted octanol–water partition coefficient (Wildman–Crippen LogP) is 1.90. The molecule has 10 nitrogen and oxygen atoms in total. The molecule has 0 saturated heterocycles. The lowest BCUT2D eigenvalue weighted by molar-refractivity contribution is -0.113. The van der Waals surface area contributed by atoms with Crippen molar-refractivity contribution in [3.63, 3.8) is 0 Å². The molecule has 0 saturated carbocycles. The summed E-state index contributed by atoms with van der Waals surface area (Å²) in [7, 11) is 3.08. The Morgan fingerprint density at radius 1 is 1.20 bits per heavy atom. The summed E-state index contributed by atoms with van der Waals surface area (Å²) in [6.45, 7) is 4.01. The molecule has 10 heteroatoms. The van der Waals surface area contributed by atoms with E-state index in [1.165, 1.54) is 12.0 Å². The number of aromatic nitrogens is 5. The highest BCUT2D eigenvalue weighted by Gasteiger charge is 2.38. The van der Waals surface area contributed by atoms with Crippen molar-refractivity contribution in [1.29, 1.82) is 0 Å². The van der Waals surface area contributed by atoms with Crippen molar-refractivity contribution in [2.24, 2.45) is 0 Å². The standard InChI is InChI=1S/C20H21N7O3/c1-10-8-24-13(11(2)16(10)29-3)9-27-17-15(18(30-4)26-20(21)25-17)12(19(27)28)7-14-22-5-6-23-14/h5-8H,9H2,1-4H3,(H,22,23)(H2,21,25,26)/b12-7-. The second kappa shape index (κ2) is 7.47. The van der Waals surface area contributed by atoms with E-state index in [4.69, 9.17) is 15.2 Å². The zero-order chi connectivity index (χ0) is 21.4. The first-order valence-corrected chi connectivity index (χ1v) is 9.18. The SMILES string of the molecule is COc1nc(N)nc2c1/C(=C/c1ncc[nH]1)C(=O)N2Cc1ncc(C)c(OC)c1C. The van der Waals surface area contributed by atoms with Gasteiger partial charge in [-0.05, 0) is 19.9 Å². The first-order valence-electron chi connectivity index (χ1n) is 9.18. The molecule has 1 aliphatic heterocycles. The number of nitrogen functional groups attached to an aromatic ring is 1. The van der Waals surface area contributed by atoms with Crippen LogP contribution in [-0.4, -0.2) is 45.0 Å². The van der Waals surface area contributed by atoms with Crippen LogP contribution in [0.4, 0.5) is 11.8 Å². The lowest BCUT2D eigenvalue weighted by atomic mass is 10.1. The fourth-order valence-electron chi connectivity index (χ4n) is 3.53. The molecule has 30 heavy (non-hydrogen) atoms. The van der Waals surface area contributed by atoms with Crippen LogP contribution in [0.3, 0.4) is 0 Å². The molecular weight excluding hydrogens is 386 g/mol. The molecule has 0 unspecified atom stereocenters. The number of ether oxygens (including phenoxy) is 2. The van der Waals surface area contributed by atoms with Crippen molar-refractivity contribution in [3.8, 4) is 11.6 Å². The Kier molecular flexibility index (Phi) is 4.82. The number of anilines is 2. The van der Waals surface area contributed by atoms with Crippen LogP contribution in [0.1, 0.15) is 28.2 Å². The predicted molar refractivity (Wildman–Crippen MR) is 111 cm³/mol. The summed E-state index contributed by atoms with van der Waals surface area (Å²) < 4.78 is 10.9. The van der Waals surface area contributed by atoms with Gasteiger partial charge in [0.05, 0.1) is 37.6 Å². The second-order valence-electron chi connectivity index (χ2n) is 6.76. The number of hydrogen-bond donors (Lipinski definition) is 2. The van der Waals surface area contributed by atoms with Crippen LogP contribution < -0.4 is 20.1 Å². The number of hydrogen-bond acceptors (Lipinski definition) is 8. The van der Waals surface area contributed by atoms with Crippen LogP contribution in [0.15, 0.2) is 18.6 Å². The summed E-state index contributed by atoms with van der Waals surface area (Å²) in [6.07, 6.45) is 6.64. The molecular formula is C20H21N7O3. The Bertz CT molecular complexity index is 1160. The average Bonchev–Trinajstić information content (AvgIpc) is 3.32. The molecule has 1 aliphatic rings. The van der Waals surface area contributed by atoms with Gasteiger partial charge in [-0.1, -0.05) is 0 Å². The van der Waals surface area contributed by atoms with Crippen molar-refractivity contribution in [3.05, 3.63) is 46.8 Å². The van der Waals surface area contributed by atoms with E-state index in [9.17, 15) is 4.79 Å². The number of nitrogens with zero attached hydrogens (tertiary/aromatic N) is 5. The van der Waals surface area contributed by atoms with Crippen molar-refractivity contribution < 1.29 is 14.3 Å². The average molecular weight is 407 g/mol. The van der Waals surface area contributed by atoms with E-state index in [1.54, 1.807) is 31.8 Å². The lowest BCUT2D eigenvalue weighted by Crippen LogP contribution is -2.27. The molecule has 3 aromatic heterocycles. The fourth-order valence-corrected chi connectivity index (χ4v) is 3.53. The minimum Gasteiger partial charge on any atom is -0.496 e. The number of rotatable bonds is 5. The monoisotopic (exact) mass is 407 g/mol. The quantitative estimate of drug-likeness (QED) is 0.613. The van der Waals surface area contributed by atoms with Gasteiger partial charge < -0.3 is 20.2 Å². The molecule has 3 aromatic rings. The molecule has 0 fully saturated rings. The van der Waals surface area contributed by atoms with Crippen LogP contribution >= 0.6 is 0 Å². The van der Waals surface area contributed by atoms with Gasteiger partial charge in [0, 0.05) is 29.7 Å². The van der Waals surface area contributed by atoms with E-state index in [1.807, 2.05) is 13.8 Å². The number of fused-ring (bicyclic) bond motifs is 1. The van der Waals surface area contributed by atoms with Crippen LogP contribution in [0.5, 0.6) is 11.6 Å². The normalized spacial score (nSPS) is 14.3. The number of nitrogens with two attached hydrogens (primary N) is 1. The number of pyridine rings is 1. The summed E-state index contributed by atoms with van der Waals surface area (Å²) >= 11 is 0. The van der Waals surface area contributed by atoms with Gasteiger partial charge in [-0.3, -0.25) is 14.7 Å². The second-order valence-corrected chi connectivity index (χ2v) is 6.76. The third-order valence-electron chi connectivity index (χ3n) is 4.93. The smallest absolute Gasteiger partial charge is 0.260 e. The lowest BCUT2D eigenvalue weighted by Gasteiger charge is -2.19. The van der Waals surface area contributed by atoms with Crippen LogP contribution in [0.25, 0.3) is 11.6 Å². The van der Waals surface area contributed by atoms with Gasteiger partial charge in [0.15, 0.2) is 5.82 Å². The minimum absolute atomic E-state index is 0.00816. The molecule has 1 amide bonds. The van der Waals surface area contributed by atoms with Crippen molar-refractivity contribution in [2.45, 2.75) is 20.4 Å². The summed E-state index contributed by atoms with van der Waals surface area (Å²) in [6, 6.07) is 0. The Hall–Kier alpha value is -3.95. The number of aryl methyl sites for hydroxylation is 1. The molecule has 0 radical (unpaired) electrons. The van der Waals surface area contributed by atoms with E-state index in [2.05, 4.69) is 24.9 Å². The van der Waals surface area contributed by atoms with Gasteiger partial charge in [-0.15, -0.1) is 0 Å². The van der Waals surface area contributed by atoms with Gasteiger partial charge in [-0.2, -0.15) is 9.97 Å². The molecule has 0 aliphatic carbocycles. The molecule has 154 valence electrons. The number of carbonyl (C=O) groups is 1. The van der Waals surface area contributed by atoms with Gasteiger partial charge >= 0.3 is 0 Å². The van der Waals surface area contributed by atoms with Crippen molar-refractivity contribution >= 4 is 29.3 Å². The Balaban J connectivity index is 1.85. The van der Waals surface area contributed by atoms with E-state index in [-0.39, 0.29) is 24.3 Å². The molecule has 0 aromatic carbocycles. The number of nitrogens with one attached hydrogen (secondary N) is 1. The largest absolute Gasteiger partial charge is 0.496 e. The highest BCUT2D eigenvalue weighted by molar-refractivity contribution is 6.35. The maximum atomic E-state index is 13.4. The molecule has 0 bridgehead atoms. The third kappa shape index (κ3) is 3.11. The van der Waals surface area contributed by atoms with Gasteiger partial charge in [0.25, 0.3) is 5.91 Å². The molecule has 0 spiro atoms. The maximum Gasteiger partial charge on any atom is 0.260 e. The van der Waals surface area contributed by atoms with E-state index < -0.39 is 0 Å². The van der Waals surface area contributed by atoms with Gasteiger partial charge in [0.2, 0.25) is 11.8 Å². The Morgan fingerprint density at radius 3 is 2.67 bits per heavy atom. The highest BCUT2D eigenvalue weighted by Crippen LogP contribution is 2.42. The molecule has 4 rings (SSSR count). The zero-order valence-electron chi connectivity index (χ0n) is 17.1. The van der Waals surface area contributed by atoms with Gasteiger partial charge in [-0.25, -0.2) is 4.98 Å². The zero-order valence-corrected chi connectivity index (χ0v) is 17.1. The van der Waals surface area contributed by atoms with Gasteiger partial charge in [0.1, 0.15) is 11.6 Å². The number of H-pyrrole nitrogens is 1. The third-order valence-corrected chi connectivity index (χ3v) is 4.93. The molecule has 3 N–H and O–H groups in total. The van der Waals surface area contributed by atoms with E-state index in [0.717, 1.165) is 16.9 Å². The number of aromatic amines is 1. The van der Waals surface area contributed by atoms with Crippen LogP contribution in [0.2, 0.25) is 0 Å². The van der Waals surface area contributed by atoms with Crippen LogP contribution in [-0.2, 0) is 11.3 Å². The Morgan fingerprint density at radius 2 is 2.00 bits per heavy atom. The van der Waals surface area contributed by atoms with Crippen LogP contribution in [0, 0.1) is 13.8 Å². The van der Waals surface area contributed by atoms with Crippen molar-refractivity contribution in [2.75, 3.05) is 24.9 Å². The minimum atomic E-state index is -0.277. The summed E-state index contributed by atoms with van der Waals surface area (Å²) in [5.41, 5.74) is 9.14. The number of carbonyl (C=O) groups excluding carboxylic acids is 1. The summed E-state index contributed by atoms with van der Waals surface area (Å²) in [5, 5.41) is 0. The highest BCUT2D eigenvalue weighted by atomic mass is 16.5. The summed E-state index contributed by atoms with van der Waals surface area (Å²) in [4.78, 5) is 35.0. The van der Waals surface area contributed by atoms with E-state index in [0.29, 0.717) is 28.5 Å². The Labute approximate surface area is 172 Å². The summed E-state index contributed by atoms with van der Waals surface area (Å²) in [5.74, 6) is 1.57. The van der Waals surface area contributed by atoms with E-state index >= 15 is 0 Å². The fraction of sp³-hybridized carbons (Fsp3) is 0.250. The van der Waals surface area contributed by atoms with Crippen molar-refractivity contribution in [1.82, 2.24) is 24.9 Å². The first kappa shape index (κ1) is 19.4.